The maximum atomic E-state index is 12.1. The molecule has 0 saturated heterocycles. The van der Waals surface area contributed by atoms with Crippen molar-refractivity contribution in [1.29, 1.82) is 0 Å². The van der Waals surface area contributed by atoms with Gasteiger partial charge in [-0.2, -0.15) is 0 Å². The van der Waals surface area contributed by atoms with E-state index in [1.54, 1.807) is 19.1 Å². The van der Waals surface area contributed by atoms with Crippen molar-refractivity contribution in [1.82, 2.24) is 10.6 Å². The Labute approximate surface area is 183 Å². The second-order valence-corrected chi connectivity index (χ2v) is 6.62. The van der Waals surface area contributed by atoms with E-state index in [9.17, 15) is 14.4 Å². The molecule has 0 unspecified atom stereocenters. The van der Waals surface area contributed by atoms with E-state index in [0.717, 1.165) is 0 Å². The van der Waals surface area contributed by atoms with Gasteiger partial charge in [0.05, 0.1) is 11.6 Å². The highest BCUT2D eigenvalue weighted by molar-refractivity contribution is 6.35. The molecule has 0 atom stereocenters. The highest BCUT2D eigenvalue weighted by Gasteiger charge is 2.09. The van der Waals surface area contributed by atoms with Gasteiger partial charge in [-0.25, -0.2) is 4.79 Å². The molecule has 10 heteroatoms. The highest BCUT2D eigenvalue weighted by atomic mass is 35.5. The molecule has 0 spiro atoms. The zero-order valence-electron chi connectivity index (χ0n) is 16.1. The van der Waals surface area contributed by atoms with Crippen LogP contribution >= 0.6 is 23.2 Å². The van der Waals surface area contributed by atoms with Gasteiger partial charge in [-0.15, -0.1) is 0 Å². The lowest BCUT2D eigenvalue weighted by atomic mass is 10.2. The normalized spacial score (nSPS) is 10.1. The molecule has 0 bridgehead atoms. The monoisotopic (exact) mass is 454 g/mol. The van der Waals surface area contributed by atoms with Crippen molar-refractivity contribution in [3.05, 3.63) is 58.1 Å². The Balaban J connectivity index is 1.67. The molecule has 0 aromatic heterocycles. The van der Waals surface area contributed by atoms with E-state index in [2.05, 4.69) is 15.4 Å². The summed E-state index contributed by atoms with van der Waals surface area (Å²) in [6.07, 6.45) is -0.812. The molecule has 0 saturated carbocycles. The summed E-state index contributed by atoms with van der Waals surface area (Å²) in [7, 11) is 0. The first-order chi connectivity index (χ1) is 14.4. The van der Waals surface area contributed by atoms with Gasteiger partial charge in [0.1, 0.15) is 11.5 Å². The Kier molecular flexibility index (Phi) is 9.24. The molecular weight excluding hydrogens is 435 g/mol. The third-order valence-corrected chi connectivity index (χ3v) is 4.10. The van der Waals surface area contributed by atoms with E-state index in [1.807, 2.05) is 0 Å². The van der Waals surface area contributed by atoms with Crippen LogP contribution in [0.4, 0.5) is 4.79 Å². The van der Waals surface area contributed by atoms with Crippen LogP contribution in [0.15, 0.2) is 42.5 Å². The fourth-order valence-electron chi connectivity index (χ4n) is 2.18. The van der Waals surface area contributed by atoms with Gasteiger partial charge in [0.15, 0.2) is 6.61 Å². The lowest BCUT2D eigenvalue weighted by Gasteiger charge is -2.10. The van der Waals surface area contributed by atoms with Crippen LogP contribution in [0.3, 0.4) is 0 Å². The lowest BCUT2D eigenvalue weighted by Crippen LogP contribution is -2.36. The Morgan fingerprint density at radius 1 is 0.967 bits per heavy atom. The van der Waals surface area contributed by atoms with Crippen molar-refractivity contribution < 1.29 is 28.6 Å². The first-order valence-electron chi connectivity index (χ1n) is 8.96. The Morgan fingerprint density at radius 3 is 2.33 bits per heavy atom. The van der Waals surface area contributed by atoms with Crippen molar-refractivity contribution >= 4 is 41.2 Å². The van der Waals surface area contributed by atoms with Crippen molar-refractivity contribution in [2.75, 3.05) is 26.3 Å². The summed E-state index contributed by atoms with van der Waals surface area (Å²) in [6, 6.07) is 10.7. The first-order valence-corrected chi connectivity index (χ1v) is 9.72. The first kappa shape index (κ1) is 23.3. The summed E-state index contributed by atoms with van der Waals surface area (Å²) in [5, 5.41) is 6.05. The average Bonchev–Trinajstić information content (AvgIpc) is 2.71. The minimum atomic E-state index is -0.812. The molecule has 8 nitrogen and oxygen atoms in total. The minimum absolute atomic E-state index is 0.205. The molecule has 0 aliphatic carbocycles. The number of rotatable bonds is 9. The molecular formula is C20H20Cl2N2O6. The van der Waals surface area contributed by atoms with Gasteiger partial charge in [0.2, 0.25) is 0 Å². The molecule has 2 N–H and O–H groups in total. The molecule has 2 amide bonds. The number of hydrogen-bond donors (Lipinski definition) is 2. The summed E-state index contributed by atoms with van der Waals surface area (Å²) < 4.78 is 14.9. The number of amides is 2. The molecule has 30 heavy (non-hydrogen) atoms. The molecule has 0 aliphatic rings. The van der Waals surface area contributed by atoms with E-state index in [0.29, 0.717) is 21.4 Å². The lowest BCUT2D eigenvalue weighted by molar-refractivity contribution is -0.123. The quantitative estimate of drug-likeness (QED) is 0.341. The molecule has 160 valence electrons. The van der Waals surface area contributed by atoms with Crippen LogP contribution in [-0.4, -0.2) is 44.3 Å². The summed E-state index contributed by atoms with van der Waals surface area (Å²) >= 11 is 11.8. The summed E-state index contributed by atoms with van der Waals surface area (Å²) in [6.45, 7) is 2.08. The fourth-order valence-corrected chi connectivity index (χ4v) is 2.65. The predicted molar refractivity (Wildman–Crippen MR) is 111 cm³/mol. The highest BCUT2D eigenvalue weighted by Crippen LogP contribution is 2.27. The Morgan fingerprint density at radius 2 is 1.67 bits per heavy atom. The van der Waals surface area contributed by atoms with Gasteiger partial charge < -0.3 is 24.8 Å². The number of benzene rings is 2. The SMILES string of the molecule is CCOC(=O)Oc1ccc(C(=O)NCCNC(=O)COc2ccc(Cl)cc2Cl)cc1. The van der Waals surface area contributed by atoms with Crippen LogP contribution in [-0.2, 0) is 9.53 Å². The number of hydrogen-bond acceptors (Lipinski definition) is 6. The van der Waals surface area contributed by atoms with Gasteiger partial charge in [-0.1, -0.05) is 23.2 Å². The van der Waals surface area contributed by atoms with Crippen LogP contribution in [0.2, 0.25) is 10.0 Å². The van der Waals surface area contributed by atoms with Gasteiger partial charge in [-0.3, -0.25) is 9.59 Å². The van der Waals surface area contributed by atoms with Crippen LogP contribution in [0.1, 0.15) is 17.3 Å². The number of ether oxygens (including phenoxy) is 3. The Bertz CT molecular complexity index is 889. The van der Waals surface area contributed by atoms with Crippen molar-refractivity contribution in [2.45, 2.75) is 6.92 Å². The van der Waals surface area contributed by atoms with Crippen molar-refractivity contribution in [3.63, 3.8) is 0 Å². The predicted octanol–water partition coefficient (Wildman–Crippen LogP) is 3.45. The molecule has 0 heterocycles. The van der Waals surface area contributed by atoms with E-state index in [-0.39, 0.29) is 43.9 Å². The van der Waals surface area contributed by atoms with E-state index < -0.39 is 6.16 Å². The fraction of sp³-hybridized carbons (Fsp3) is 0.250. The molecule has 0 aliphatic heterocycles. The maximum Gasteiger partial charge on any atom is 0.513 e. The topological polar surface area (TPSA) is 103 Å². The molecule has 2 rings (SSSR count). The molecule has 0 fully saturated rings. The summed E-state index contributed by atoms with van der Waals surface area (Å²) in [5.74, 6) is -0.0928. The van der Waals surface area contributed by atoms with E-state index in [1.165, 1.54) is 30.3 Å². The molecule has 2 aromatic rings. The van der Waals surface area contributed by atoms with Gasteiger partial charge in [0, 0.05) is 23.7 Å². The zero-order chi connectivity index (χ0) is 21.9. The zero-order valence-corrected chi connectivity index (χ0v) is 17.6. The smallest absolute Gasteiger partial charge is 0.482 e. The summed E-state index contributed by atoms with van der Waals surface area (Å²) in [5.41, 5.74) is 0.373. The second kappa shape index (κ2) is 11.9. The van der Waals surface area contributed by atoms with Gasteiger partial charge in [-0.05, 0) is 49.4 Å². The number of carbonyl (C=O) groups is 3. The van der Waals surface area contributed by atoms with Gasteiger partial charge >= 0.3 is 6.16 Å². The van der Waals surface area contributed by atoms with Crippen molar-refractivity contribution in [3.8, 4) is 11.5 Å². The Hall–Kier alpha value is -2.97. The standard InChI is InChI=1S/C20H20Cl2N2O6/c1-2-28-20(27)30-15-6-3-13(4-7-15)19(26)24-10-9-23-18(25)12-29-17-8-5-14(21)11-16(17)22/h3-8,11H,2,9-10,12H2,1H3,(H,23,25)(H,24,26). The summed E-state index contributed by atoms with van der Waals surface area (Å²) in [4.78, 5) is 35.1. The van der Waals surface area contributed by atoms with Crippen molar-refractivity contribution in [2.24, 2.45) is 0 Å². The minimum Gasteiger partial charge on any atom is -0.482 e. The maximum absolute atomic E-state index is 12.1. The van der Waals surface area contributed by atoms with Crippen LogP contribution in [0.25, 0.3) is 0 Å². The van der Waals surface area contributed by atoms with Crippen LogP contribution < -0.4 is 20.1 Å². The third kappa shape index (κ3) is 7.81. The number of halogens is 2. The van der Waals surface area contributed by atoms with E-state index >= 15 is 0 Å². The third-order valence-electron chi connectivity index (χ3n) is 3.57. The van der Waals surface area contributed by atoms with Gasteiger partial charge in [0.25, 0.3) is 11.8 Å². The molecule has 0 radical (unpaired) electrons. The number of nitrogens with one attached hydrogen (secondary N) is 2. The van der Waals surface area contributed by atoms with Crippen LogP contribution in [0, 0.1) is 0 Å². The van der Waals surface area contributed by atoms with Crippen LogP contribution in [0.5, 0.6) is 11.5 Å². The van der Waals surface area contributed by atoms with E-state index in [4.69, 9.17) is 32.7 Å². The largest absolute Gasteiger partial charge is 0.513 e. The second-order valence-electron chi connectivity index (χ2n) is 5.78. The molecule has 2 aromatic carbocycles. The number of carbonyl (C=O) groups excluding carboxylic acids is 3. The average molecular weight is 455 g/mol.